The van der Waals surface area contributed by atoms with Crippen molar-refractivity contribution in [3.63, 3.8) is 0 Å². The maximum atomic E-state index is 12.7. The molecule has 1 aliphatic rings. The van der Waals surface area contributed by atoms with E-state index in [1.165, 1.54) is 12.1 Å². The third-order valence-corrected chi connectivity index (χ3v) is 5.64. The van der Waals surface area contributed by atoms with Crippen LogP contribution in [0.1, 0.15) is 34.0 Å². The minimum Gasteiger partial charge on any atom is -0.387 e. The van der Waals surface area contributed by atoms with Crippen LogP contribution < -0.4 is 10.0 Å². The van der Waals surface area contributed by atoms with Crippen LogP contribution in [-0.4, -0.2) is 43.6 Å². The predicted molar refractivity (Wildman–Crippen MR) is 112 cm³/mol. The van der Waals surface area contributed by atoms with E-state index in [2.05, 4.69) is 10.0 Å². The molecule has 10 heteroatoms. The molecule has 0 spiro atoms. The van der Waals surface area contributed by atoms with Crippen LogP contribution in [0, 0.1) is 16.0 Å². The van der Waals surface area contributed by atoms with Gasteiger partial charge in [0.05, 0.1) is 17.3 Å². The fourth-order valence-electron chi connectivity index (χ4n) is 3.50. The van der Waals surface area contributed by atoms with E-state index in [1.54, 1.807) is 30.3 Å². The van der Waals surface area contributed by atoms with Gasteiger partial charge in [0.25, 0.3) is 5.69 Å². The molecule has 0 radical (unpaired) electrons. The number of hydrogen-bond acceptors (Lipinski definition) is 7. The SMILES string of the molecule is CS(=O)(=O)Nc1ccc(C(O)CNCC2CCc3ccc([N+](=O)[O-])cc3C2=O)cc1. The summed E-state index contributed by atoms with van der Waals surface area (Å²) in [7, 11) is -3.36. The zero-order chi connectivity index (χ0) is 21.9. The second-order valence-corrected chi connectivity index (χ2v) is 9.12. The first-order valence-corrected chi connectivity index (χ1v) is 11.3. The number of fused-ring (bicyclic) bond motifs is 1. The van der Waals surface area contributed by atoms with Gasteiger partial charge in [-0.2, -0.15) is 0 Å². The van der Waals surface area contributed by atoms with Crippen molar-refractivity contribution in [3.8, 4) is 0 Å². The maximum Gasteiger partial charge on any atom is 0.270 e. The summed E-state index contributed by atoms with van der Waals surface area (Å²) in [6, 6.07) is 10.8. The normalized spacial score (nSPS) is 17.3. The van der Waals surface area contributed by atoms with Crippen molar-refractivity contribution < 1.29 is 23.2 Å². The smallest absolute Gasteiger partial charge is 0.270 e. The number of rotatable bonds is 8. The number of anilines is 1. The van der Waals surface area contributed by atoms with Crippen LogP contribution in [0.3, 0.4) is 0 Å². The molecule has 1 aliphatic carbocycles. The number of nitro groups is 1. The number of carbonyl (C=O) groups is 1. The molecule has 0 saturated carbocycles. The number of aryl methyl sites for hydroxylation is 1. The largest absolute Gasteiger partial charge is 0.387 e. The van der Waals surface area contributed by atoms with E-state index in [9.17, 15) is 28.4 Å². The first-order chi connectivity index (χ1) is 14.1. The van der Waals surface area contributed by atoms with Crippen molar-refractivity contribution in [2.75, 3.05) is 24.1 Å². The molecule has 2 unspecified atom stereocenters. The molecule has 0 saturated heterocycles. The van der Waals surface area contributed by atoms with Crippen molar-refractivity contribution in [2.45, 2.75) is 18.9 Å². The van der Waals surface area contributed by atoms with Crippen molar-refractivity contribution >= 4 is 27.2 Å². The lowest BCUT2D eigenvalue weighted by Crippen LogP contribution is -2.34. The second-order valence-electron chi connectivity index (χ2n) is 7.37. The lowest BCUT2D eigenvalue weighted by atomic mass is 9.82. The second kappa shape index (κ2) is 8.90. The molecule has 0 aromatic heterocycles. The number of Topliss-reactive ketones (excluding diaryl/α,β-unsaturated/α-hetero) is 1. The summed E-state index contributed by atoms with van der Waals surface area (Å²) in [6.45, 7) is 0.566. The predicted octanol–water partition coefficient (Wildman–Crippen LogP) is 2.03. The quantitative estimate of drug-likeness (QED) is 0.428. The zero-order valence-corrected chi connectivity index (χ0v) is 17.2. The van der Waals surface area contributed by atoms with Gasteiger partial charge < -0.3 is 10.4 Å². The van der Waals surface area contributed by atoms with Crippen LogP contribution in [0.25, 0.3) is 0 Å². The minimum absolute atomic E-state index is 0.0973. The van der Waals surface area contributed by atoms with Crippen molar-refractivity contribution in [1.82, 2.24) is 5.32 Å². The average molecular weight is 433 g/mol. The molecule has 0 bridgehead atoms. The van der Waals surface area contributed by atoms with E-state index < -0.39 is 21.1 Å². The highest BCUT2D eigenvalue weighted by Gasteiger charge is 2.28. The number of nitrogens with zero attached hydrogens (tertiary/aromatic N) is 1. The molecule has 0 heterocycles. The zero-order valence-electron chi connectivity index (χ0n) is 16.4. The molecule has 2 aromatic rings. The summed E-state index contributed by atoms with van der Waals surface area (Å²) in [5, 5.41) is 24.4. The highest BCUT2D eigenvalue weighted by Crippen LogP contribution is 2.28. The molecular formula is C20H23N3O6S. The fraction of sp³-hybridized carbons (Fsp3) is 0.350. The Kier molecular flexibility index (Phi) is 6.49. The minimum atomic E-state index is -3.36. The van der Waals surface area contributed by atoms with Crippen LogP contribution in [0.5, 0.6) is 0 Å². The third kappa shape index (κ3) is 5.41. The van der Waals surface area contributed by atoms with E-state index in [0.717, 1.165) is 11.8 Å². The topological polar surface area (TPSA) is 139 Å². The number of nitrogens with one attached hydrogen (secondary N) is 2. The van der Waals surface area contributed by atoms with Crippen LogP contribution >= 0.6 is 0 Å². The number of ketones is 1. The molecular weight excluding hydrogens is 410 g/mol. The summed E-state index contributed by atoms with van der Waals surface area (Å²) in [5.74, 6) is -0.439. The summed E-state index contributed by atoms with van der Waals surface area (Å²) in [5.41, 5.74) is 2.14. The van der Waals surface area contributed by atoms with E-state index in [-0.39, 0.29) is 23.9 Å². The molecule has 3 N–H and O–H groups in total. The lowest BCUT2D eigenvalue weighted by molar-refractivity contribution is -0.384. The number of nitro benzene ring substituents is 1. The Balaban J connectivity index is 1.55. The Labute approximate surface area is 174 Å². The van der Waals surface area contributed by atoms with E-state index in [1.807, 2.05) is 0 Å². The fourth-order valence-corrected chi connectivity index (χ4v) is 4.06. The summed E-state index contributed by atoms with van der Waals surface area (Å²) in [4.78, 5) is 23.2. The summed E-state index contributed by atoms with van der Waals surface area (Å²) < 4.78 is 24.8. The Morgan fingerprint density at radius 1 is 1.23 bits per heavy atom. The van der Waals surface area contributed by atoms with Gasteiger partial charge in [-0.05, 0) is 36.1 Å². The standard InChI is InChI=1S/C20H23N3O6S/c1-30(28,29)22-16-7-4-14(5-8-16)19(24)12-21-11-15-3-2-13-6-9-17(23(26)27)10-18(13)20(15)25/h4-10,15,19,21-22,24H,2-3,11-12H2,1H3. The summed E-state index contributed by atoms with van der Waals surface area (Å²) in [6.07, 6.45) is 1.54. The van der Waals surface area contributed by atoms with Crippen LogP contribution in [0.15, 0.2) is 42.5 Å². The van der Waals surface area contributed by atoms with Gasteiger partial charge in [-0.3, -0.25) is 19.6 Å². The highest BCUT2D eigenvalue weighted by atomic mass is 32.2. The van der Waals surface area contributed by atoms with Gasteiger partial charge in [0.1, 0.15) is 0 Å². The number of benzene rings is 2. The molecule has 30 heavy (non-hydrogen) atoms. The van der Waals surface area contributed by atoms with Gasteiger partial charge in [-0.1, -0.05) is 18.2 Å². The number of hydrogen-bond donors (Lipinski definition) is 3. The Hall–Kier alpha value is -2.82. The number of non-ortho nitro benzene ring substituents is 1. The molecule has 0 fully saturated rings. The van der Waals surface area contributed by atoms with E-state index in [0.29, 0.717) is 36.2 Å². The number of sulfonamides is 1. The molecule has 9 nitrogen and oxygen atoms in total. The van der Waals surface area contributed by atoms with Crippen molar-refractivity contribution in [2.24, 2.45) is 5.92 Å². The lowest BCUT2D eigenvalue weighted by Gasteiger charge is -2.24. The van der Waals surface area contributed by atoms with E-state index >= 15 is 0 Å². The first kappa shape index (κ1) is 21.9. The van der Waals surface area contributed by atoms with Gasteiger partial charge in [-0.15, -0.1) is 0 Å². The van der Waals surface area contributed by atoms with Crippen LogP contribution in [0.2, 0.25) is 0 Å². The van der Waals surface area contributed by atoms with E-state index in [4.69, 9.17) is 0 Å². The van der Waals surface area contributed by atoms with Crippen molar-refractivity contribution in [3.05, 3.63) is 69.3 Å². The maximum absolute atomic E-state index is 12.7. The van der Waals surface area contributed by atoms with Gasteiger partial charge in [0.2, 0.25) is 10.0 Å². The monoisotopic (exact) mass is 433 g/mol. The molecule has 3 rings (SSSR count). The van der Waals surface area contributed by atoms with Gasteiger partial charge in [0, 0.05) is 42.4 Å². The van der Waals surface area contributed by atoms with Crippen LogP contribution in [-0.2, 0) is 16.4 Å². The van der Waals surface area contributed by atoms with Crippen LogP contribution in [0.4, 0.5) is 11.4 Å². The van der Waals surface area contributed by atoms with Gasteiger partial charge >= 0.3 is 0 Å². The number of carbonyl (C=O) groups excluding carboxylic acids is 1. The first-order valence-electron chi connectivity index (χ1n) is 9.42. The Morgan fingerprint density at radius 2 is 1.93 bits per heavy atom. The molecule has 2 aromatic carbocycles. The Bertz CT molecular complexity index is 1050. The molecule has 0 amide bonds. The summed E-state index contributed by atoms with van der Waals surface area (Å²) >= 11 is 0. The Morgan fingerprint density at radius 3 is 2.57 bits per heavy atom. The highest BCUT2D eigenvalue weighted by molar-refractivity contribution is 7.92. The number of aliphatic hydroxyl groups excluding tert-OH is 1. The van der Waals surface area contributed by atoms with Gasteiger partial charge in [-0.25, -0.2) is 8.42 Å². The third-order valence-electron chi connectivity index (χ3n) is 5.03. The van der Waals surface area contributed by atoms with Gasteiger partial charge in [0.15, 0.2) is 5.78 Å². The molecule has 0 aliphatic heterocycles. The molecule has 2 atom stereocenters. The molecule has 160 valence electrons. The average Bonchev–Trinajstić information content (AvgIpc) is 2.68. The van der Waals surface area contributed by atoms with Crippen molar-refractivity contribution in [1.29, 1.82) is 0 Å². The number of aliphatic hydroxyl groups is 1.